The summed E-state index contributed by atoms with van der Waals surface area (Å²) in [6.07, 6.45) is 0.650. The second kappa shape index (κ2) is 5.35. The van der Waals surface area contributed by atoms with Gasteiger partial charge in [-0.1, -0.05) is 15.9 Å². The number of phenols is 1. The highest BCUT2D eigenvalue weighted by Gasteiger charge is 1.99. The van der Waals surface area contributed by atoms with Crippen molar-refractivity contribution in [3.63, 3.8) is 0 Å². The predicted molar refractivity (Wildman–Crippen MR) is 58.9 cm³/mol. The van der Waals surface area contributed by atoms with Gasteiger partial charge in [-0.3, -0.25) is 0 Å². The van der Waals surface area contributed by atoms with Crippen LogP contribution >= 0.6 is 15.9 Å². The first-order valence-electron chi connectivity index (χ1n) is 3.99. The Balaban J connectivity index is 2.71. The fourth-order valence-electron chi connectivity index (χ4n) is 0.829. The monoisotopic (exact) mass is 272 g/mol. The van der Waals surface area contributed by atoms with Gasteiger partial charge in [-0.05, 0) is 18.2 Å². The molecule has 0 aromatic heterocycles. The number of carbonyl (C=O) groups is 1. The average Bonchev–Trinajstić information content (AvgIpc) is 2.23. The van der Waals surface area contributed by atoms with E-state index in [1.54, 1.807) is 12.1 Å². The average molecular weight is 273 g/mol. The minimum atomic E-state index is -0.666. The number of ether oxygens (including phenoxy) is 1. The first-order chi connectivity index (χ1) is 7.13. The fourth-order valence-corrected chi connectivity index (χ4v) is 1.21. The Labute approximate surface area is 94.9 Å². The molecule has 5 nitrogen and oxygen atoms in total. The number of aromatic hydroxyl groups is 1. The molecule has 0 saturated heterocycles. The van der Waals surface area contributed by atoms with E-state index in [-0.39, 0.29) is 5.75 Å². The van der Waals surface area contributed by atoms with Crippen molar-refractivity contribution < 1.29 is 14.6 Å². The highest BCUT2D eigenvalue weighted by Crippen LogP contribution is 2.19. The third-order valence-corrected chi connectivity index (χ3v) is 2.03. The normalized spacial score (nSPS) is 10.3. The lowest BCUT2D eigenvalue weighted by molar-refractivity contribution is 0.171. The van der Waals surface area contributed by atoms with Crippen molar-refractivity contribution in [2.75, 3.05) is 7.11 Å². The summed E-state index contributed by atoms with van der Waals surface area (Å²) in [4.78, 5) is 10.6. The van der Waals surface area contributed by atoms with E-state index < -0.39 is 6.09 Å². The van der Waals surface area contributed by atoms with Gasteiger partial charge in [0.1, 0.15) is 5.75 Å². The summed E-state index contributed by atoms with van der Waals surface area (Å²) in [5, 5.41) is 13.0. The number of hydrogen-bond acceptors (Lipinski definition) is 4. The van der Waals surface area contributed by atoms with Crippen LogP contribution in [0.5, 0.6) is 5.75 Å². The largest absolute Gasteiger partial charge is 0.507 e. The summed E-state index contributed by atoms with van der Waals surface area (Å²) >= 11 is 3.25. The molecule has 1 rings (SSSR count). The number of hydrazone groups is 1. The molecule has 1 aromatic carbocycles. The van der Waals surface area contributed by atoms with Crippen molar-refractivity contribution in [1.29, 1.82) is 0 Å². The van der Waals surface area contributed by atoms with E-state index >= 15 is 0 Å². The summed E-state index contributed by atoms with van der Waals surface area (Å²) in [6.45, 7) is 0. The van der Waals surface area contributed by atoms with Gasteiger partial charge in [-0.2, -0.15) is 5.10 Å². The minimum absolute atomic E-state index is 0.0774. The number of halogens is 1. The van der Waals surface area contributed by atoms with Crippen LogP contribution in [0.15, 0.2) is 27.8 Å². The lowest BCUT2D eigenvalue weighted by atomic mass is 10.2. The van der Waals surface area contributed by atoms with Gasteiger partial charge in [0.25, 0.3) is 0 Å². The molecule has 0 fully saturated rings. The molecule has 0 radical (unpaired) electrons. The molecule has 0 aliphatic rings. The van der Waals surface area contributed by atoms with E-state index in [1.165, 1.54) is 19.4 Å². The van der Waals surface area contributed by atoms with Gasteiger partial charge in [-0.15, -0.1) is 0 Å². The van der Waals surface area contributed by atoms with Gasteiger partial charge < -0.3 is 9.84 Å². The van der Waals surface area contributed by atoms with Gasteiger partial charge >= 0.3 is 6.09 Å². The Hall–Kier alpha value is -1.56. The molecule has 0 aliphatic heterocycles. The quantitative estimate of drug-likeness (QED) is 0.638. The van der Waals surface area contributed by atoms with Crippen LogP contribution in [0.1, 0.15) is 5.56 Å². The van der Waals surface area contributed by atoms with Crippen molar-refractivity contribution in [1.82, 2.24) is 5.43 Å². The van der Waals surface area contributed by atoms with Crippen LogP contribution in [-0.4, -0.2) is 24.5 Å². The maximum Gasteiger partial charge on any atom is 0.427 e. The van der Waals surface area contributed by atoms with Crippen LogP contribution in [-0.2, 0) is 4.74 Å². The Kier molecular flexibility index (Phi) is 4.11. The van der Waals surface area contributed by atoms with E-state index in [0.29, 0.717) is 5.56 Å². The van der Waals surface area contributed by atoms with E-state index in [2.05, 4.69) is 31.2 Å². The molecule has 0 atom stereocenters. The molecule has 80 valence electrons. The fraction of sp³-hybridized carbons (Fsp3) is 0.111. The Morgan fingerprint density at radius 1 is 1.67 bits per heavy atom. The van der Waals surface area contributed by atoms with Crippen molar-refractivity contribution in [2.24, 2.45) is 5.10 Å². The number of methoxy groups -OCH3 is 1. The molecule has 0 unspecified atom stereocenters. The summed E-state index contributed by atoms with van der Waals surface area (Å²) in [6, 6.07) is 4.88. The van der Waals surface area contributed by atoms with Gasteiger partial charge in [0.15, 0.2) is 0 Å². The highest BCUT2D eigenvalue weighted by molar-refractivity contribution is 9.10. The van der Waals surface area contributed by atoms with Gasteiger partial charge in [0.2, 0.25) is 0 Å². The number of carbonyl (C=O) groups excluding carboxylic acids is 1. The van der Waals surface area contributed by atoms with Crippen LogP contribution in [0.4, 0.5) is 4.79 Å². The van der Waals surface area contributed by atoms with Crippen LogP contribution in [0, 0.1) is 0 Å². The Morgan fingerprint density at radius 2 is 2.40 bits per heavy atom. The van der Waals surface area contributed by atoms with E-state index in [1.807, 2.05) is 0 Å². The predicted octanol–water partition coefficient (Wildman–Crippen LogP) is 1.84. The first kappa shape index (κ1) is 11.5. The highest BCUT2D eigenvalue weighted by atomic mass is 79.9. The zero-order valence-corrected chi connectivity index (χ0v) is 9.48. The van der Waals surface area contributed by atoms with Gasteiger partial charge in [-0.25, -0.2) is 10.2 Å². The van der Waals surface area contributed by atoms with E-state index in [9.17, 15) is 9.90 Å². The molecule has 0 aliphatic carbocycles. The molecule has 1 aromatic rings. The Morgan fingerprint density at radius 3 is 3.07 bits per heavy atom. The number of hydrogen-bond donors (Lipinski definition) is 2. The number of nitrogens with one attached hydrogen (secondary N) is 1. The van der Waals surface area contributed by atoms with Gasteiger partial charge in [0, 0.05) is 10.0 Å². The topological polar surface area (TPSA) is 70.9 Å². The molecule has 6 heteroatoms. The number of nitrogens with zero attached hydrogens (tertiary/aromatic N) is 1. The first-order valence-corrected chi connectivity index (χ1v) is 4.78. The summed E-state index contributed by atoms with van der Waals surface area (Å²) in [5.41, 5.74) is 2.60. The van der Waals surface area contributed by atoms with Gasteiger partial charge in [0.05, 0.1) is 13.3 Å². The number of phenolic OH excluding ortho intramolecular Hbond substituents is 1. The van der Waals surface area contributed by atoms with Crippen LogP contribution in [0.2, 0.25) is 0 Å². The lowest BCUT2D eigenvalue weighted by Gasteiger charge is -1.99. The molecule has 0 saturated carbocycles. The molecule has 0 bridgehead atoms. The van der Waals surface area contributed by atoms with Crippen LogP contribution in [0.3, 0.4) is 0 Å². The second-order valence-corrected chi connectivity index (χ2v) is 3.48. The maximum atomic E-state index is 10.6. The molecular weight excluding hydrogens is 264 g/mol. The smallest absolute Gasteiger partial charge is 0.427 e. The second-order valence-electron chi connectivity index (χ2n) is 2.56. The third kappa shape index (κ3) is 3.59. The maximum absolute atomic E-state index is 10.6. The van der Waals surface area contributed by atoms with Crippen LogP contribution < -0.4 is 5.43 Å². The molecule has 0 spiro atoms. The zero-order chi connectivity index (χ0) is 11.3. The SMILES string of the molecule is COC(=O)NN=Cc1cc(Br)ccc1O. The van der Waals surface area contributed by atoms with Crippen molar-refractivity contribution >= 4 is 28.2 Å². The molecule has 15 heavy (non-hydrogen) atoms. The summed E-state index contributed by atoms with van der Waals surface area (Å²) in [5.74, 6) is 0.0774. The minimum Gasteiger partial charge on any atom is -0.507 e. The lowest BCUT2D eigenvalue weighted by Crippen LogP contribution is -2.16. The number of benzene rings is 1. The molecule has 1 amide bonds. The summed E-state index contributed by atoms with van der Waals surface area (Å²) < 4.78 is 5.11. The van der Waals surface area contributed by atoms with Crippen molar-refractivity contribution in [2.45, 2.75) is 0 Å². The number of amides is 1. The zero-order valence-electron chi connectivity index (χ0n) is 7.90. The summed E-state index contributed by atoms with van der Waals surface area (Å²) in [7, 11) is 1.24. The molecular formula is C9H9BrN2O3. The van der Waals surface area contributed by atoms with Crippen molar-refractivity contribution in [3.8, 4) is 5.75 Å². The van der Waals surface area contributed by atoms with Crippen molar-refractivity contribution in [3.05, 3.63) is 28.2 Å². The molecule has 0 heterocycles. The van der Waals surface area contributed by atoms with E-state index in [4.69, 9.17) is 0 Å². The van der Waals surface area contributed by atoms with Crippen LogP contribution in [0.25, 0.3) is 0 Å². The standard InChI is InChI=1S/C9H9BrN2O3/c1-15-9(14)12-11-5-6-4-7(10)2-3-8(6)13/h2-5,13H,1H3,(H,12,14). The number of rotatable bonds is 2. The third-order valence-electron chi connectivity index (χ3n) is 1.53. The Bertz CT molecular complexity index is 393. The molecule has 2 N–H and O–H groups in total. The van der Waals surface area contributed by atoms with E-state index in [0.717, 1.165) is 4.47 Å².